The maximum Gasteiger partial charge on any atom is 0.233 e. The van der Waals surface area contributed by atoms with Crippen molar-refractivity contribution in [2.75, 3.05) is 33.4 Å². The molecule has 0 unspecified atom stereocenters. The van der Waals surface area contributed by atoms with E-state index in [4.69, 9.17) is 4.74 Å². The van der Waals surface area contributed by atoms with E-state index in [0.29, 0.717) is 45.6 Å². The van der Waals surface area contributed by atoms with E-state index in [1.54, 1.807) is 13.2 Å². The van der Waals surface area contributed by atoms with Crippen LogP contribution in [0.15, 0.2) is 48.7 Å². The molecule has 31 heavy (non-hydrogen) atoms. The van der Waals surface area contributed by atoms with Crippen molar-refractivity contribution in [3.63, 3.8) is 0 Å². The van der Waals surface area contributed by atoms with Gasteiger partial charge in [-0.3, -0.25) is 14.6 Å². The van der Waals surface area contributed by atoms with Crippen molar-refractivity contribution in [1.82, 2.24) is 15.2 Å². The van der Waals surface area contributed by atoms with E-state index < -0.39 is 10.8 Å². The lowest BCUT2D eigenvalue weighted by atomic mass is 9.70. The number of nitrogens with zero attached hydrogens (tertiary/aromatic N) is 2. The molecule has 4 rings (SSSR count). The number of pyridine rings is 1. The monoisotopic (exact) mass is 421 g/mol. The number of piperidine rings is 1. The van der Waals surface area contributed by atoms with Crippen molar-refractivity contribution in [3.8, 4) is 0 Å². The highest BCUT2D eigenvalue weighted by atomic mass is 16.5. The first-order valence-electron chi connectivity index (χ1n) is 11.1. The topological polar surface area (TPSA) is 71.5 Å². The highest BCUT2D eigenvalue weighted by molar-refractivity contribution is 5.92. The number of amides is 2. The number of benzene rings is 1. The Morgan fingerprint density at radius 3 is 2.55 bits per heavy atom. The lowest BCUT2D eigenvalue weighted by molar-refractivity contribution is -0.145. The summed E-state index contributed by atoms with van der Waals surface area (Å²) in [6.07, 6.45) is 4.46. The van der Waals surface area contributed by atoms with E-state index in [9.17, 15) is 9.59 Å². The Bertz CT molecular complexity index is 940. The van der Waals surface area contributed by atoms with E-state index in [1.165, 1.54) is 0 Å². The summed E-state index contributed by atoms with van der Waals surface area (Å²) in [6.45, 7) is 4.18. The van der Waals surface area contributed by atoms with Crippen LogP contribution < -0.4 is 5.32 Å². The van der Waals surface area contributed by atoms with Gasteiger partial charge >= 0.3 is 0 Å². The second-order valence-electron chi connectivity index (χ2n) is 8.77. The van der Waals surface area contributed by atoms with E-state index in [1.807, 2.05) is 29.2 Å². The summed E-state index contributed by atoms with van der Waals surface area (Å²) in [4.78, 5) is 33.7. The molecule has 3 heterocycles. The second kappa shape index (κ2) is 8.79. The molecule has 1 aromatic heterocycles. The van der Waals surface area contributed by atoms with Crippen molar-refractivity contribution in [2.24, 2.45) is 0 Å². The van der Waals surface area contributed by atoms with Gasteiger partial charge < -0.3 is 15.0 Å². The van der Waals surface area contributed by atoms with Crippen LogP contribution in [0.5, 0.6) is 0 Å². The maximum absolute atomic E-state index is 14.1. The van der Waals surface area contributed by atoms with Crippen LogP contribution in [0.2, 0.25) is 0 Å². The Kier molecular flexibility index (Phi) is 6.10. The molecule has 2 amide bonds. The number of hydrogen-bond donors (Lipinski definition) is 1. The molecule has 0 radical (unpaired) electrons. The predicted molar refractivity (Wildman–Crippen MR) is 119 cm³/mol. The normalized spacial score (nSPS) is 23.2. The van der Waals surface area contributed by atoms with Crippen LogP contribution in [0.25, 0.3) is 0 Å². The zero-order chi connectivity index (χ0) is 21.9. The Hall–Kier alpha value is -2.73. The SMILES string of the molecule is CNC(=O)[C@]1(c2ccccn2)CCCN(C(=O)C2(c3cccc(C)c3)CCOCC2)C1. The fraction of sp³-hybridized carbons (Fsp3) is 0.480. The minimum absolute atomic E-state index is 0.0831. The molecular weight excluding hydrogens is 390 g/mol. The Morgan fingerprint density at radius 1 is 1.06 bits per heavy atom. The lowest BCUT2D eigenvalue weighted by Gasteiger charge is -2.46. The summed E-state index contributed by atoms with van der Waals surface area (Å²) in [5.74, 6) is 0.0191. The number of aromatic nitrogens is 1. The third kappa shape index (κ3) is 3.85. The highest BCUT2D eigenvalue weighted by Gasteiger charge is 2.50. The molecule has 6 nitrogen and oxygen atoms in total. The summed E-state index contributed by atoms with van der Waals surface area (Å²) in [6, 6.07) is 13.9. The molecule has 164 valence electrons. The minimum Gasteiger partial charge on any atom is -0.381 e. The highest BCUT2D eigenvalue weighted by Crippen LogP contribution is 2.40. The molecule has 1 atom stereocenters. The molecule has 2 saturated heterocycles. The number of ether oxygens (including phenoxy) is 1. The fourth-order valence-electron chi connectivity index (χ4n) is 5.22. The Balaban J connectivity index is 1.72. The first-order valence-corrected chi connectivity index (χ1v) is 11.1. The molecular formula is C25H31N3O3. The van der Waals surface area contributed by atoms with Crippen LogP contribution in [0.3, 0.4) is 0 Å². The smallest absolute Gasteiger partial charge is 0.233 e. The number of nitrogens with one attached hydrogen (secondary N) is 1. The molecule has 1 aromatic carbocycles. The number of likely N-dealkylation sites (tertiary alicyclic amines) is 1. The molecule has 2 aromatic rings. The quantitative estimate of drug-likeness (QED) is 0.824. The van der Waals surface area contributed by atoms with Gasteiger partial charge in [0.1, 0.15) is 5.41 Å². The van der Waals surface area contributed by atoms with Gasteiger partial charge in [-0.1, -0.05) is 35.9 Å². The van der Waals surface area contributed by atoms with Crippen molar-refractivity contribution in [2.45, 2.75) is 43.4 Å². The number of aryl methyl sites for hydroxylation is 1. The predicted octanol–water partition coefficient (Wildman–Crippen LogP) is 2.74. The van der Waals surface area contributed by atoms with Gasteiger partial charge in [-0.25, -0.2) is 0 Å². The first kappa shape index (κ1) is 21.5. The summed E-state index contributed by atoms with van der Waals surface area (Å²) in [5, 5.41) is 2.82. The fourth-order valence-corrected chi connectivity index (χ4v) is 5.22. The molecule has 0 saturated carbocycles. The van der Waals surface area contributed by atoms with Gasteiger partial charge in [0, 0.05) is 39.5 Å². The van der Waals surface area contributed by atoms with Crippen LogP contribution in [-0.2, 0) is 25.2 Å². The molecule has 2 fully saturated rings. The third-order valence-electron chi connectivity index (χ3n) is 6.92. The van der Waals surface area contributed by atoms with Gasteiger partial charge in [0.15, 0.2) is 0 Å². The number of carbonyl (C=O) groups excluding carboxylic acids is 2. The van der Waals surface area contributed by atoms with Crippen LogP contribution >= 0.6 is 0 Å². The van der Waals surface area contributed by atoms with Crippen molar-refractivity contribution < 1.29 is 14.3 Å². The molecule has 0 spiro atoms. The Morgan fingerprint density at radius 2 is 1.87 bits per heavy atom. The van der Waals surface area contributed by atoms with Gasteiger partial charge in [0.25, 0.3) is 0 Å². The van der Waals surface area contributed by atoms with Crippen LogP contribution in [0.1, 0.15) is 42.5 Å². The number of carbonyl (C=O) groups is 2. The average molecular weight is 422 g/mol. The standard InChI is InChI=1S/C25H31N3O3/c1-19-7-5-8-20(17-19)24(11-15-31-16-12-24)23(30)28-14-6-10-25(18-28,22(29)26-2)21-9-3-4-13-27-21/h3-5,7-9,13,17H,6,10-12,14-16,18H2,1-2H3,(H,26,29)/t25-/m1/s1. The van der Waals surface area contributed by atoms with E-state index in [0.717, 1.165) is 23.2 Å². The average Bonchev–Trinajstić information content (AvgIpc) is 2.84. The number of likely N-dealkylation sites (N-methyl/N-ethyl adjacent to an activating group) is 1. The van der Waals surface area contributed by atoms with E-state index >= 15 is 0 Å². The van der Waals surface area contributed by atoms with Gasteiger partial charge in [-0.05, 0) is 50.3 Å². The van der Waals surface area contributed by atoms with E-state index in [-0.39, 0.29) is 11.8 Å². The van der Waals surface area contributed by atoms with Gasteiger partial charge in [0.2, 0.25) is 11.8 Å². The largest absolute Gasteiger partial charge is 0.381 e. The molecule has 2 aliphatic rings. The van der Waals surface area contributed by atoms with Crippen LogP contribution in [-0.4, -0.2) is 55.0 Å². The summed E-state index contributed by atoms with van der Waals surface area (Å²) < 4.78 is 5.64. The Labute approximate surface area is 184 Å². The molecule has 0 aliphatic carbocycles. The second-order valence-corrected chi connectivity index (χ2v) is 8.77. The third-order valence-corrected chi connectivity index (χ3v) is 6.92. The van der Waals surface area contributed by atoms with Crippen molar-refractivity contribution in [3.05, 3.63) is 65.5 Å². The van der Waals surface area contributed by atoms with Crippen LogP contribution in [0.4, 0.5) is 0 Å². The first-order chi connectivity index (χ1) is 15.0. The van der Waals surface area contributed by atoms with Crippen molar-refractivity contribution >= 4 is 11.8 Å². The van der Waals surface area contributed by atoms with E-state index in [2.05, 4.69) is 35.4 Å². The summed E-state index contributed by atoms with van der Waals surface area (Å²) in [7, 11) is 1.65. The van der Waals surface area contributed by atoms with Gasteiger partial charge in [-0.15, -0.1) is 0 Å². The molecule has 0 bridgehead atoms. The lowest BCUT2D eigenvalue weighted by Crippen LogP contribution is -2.59. The molecule has 6 heteroatoms. The zero-order valence-electron chi connectivity index (χ0n) is 18.4. The summed E-state index contributed by atoms with van der Waals surface area (Å²) in [5.41, 5.74) is 1.48. The molecule has 1 N–H and O–H groups in total. The van der Waals surface area contributed by atoms with Gasteiger partial charge in [0.05, 0.1) is 11.1 Å². The molecule has 2 aliphatic heterocycles. The van der Waals surface area contributed by atoms with Crippen molar-refractivity contribution in [1.29, 1.82) is 0 Å². The minimum atomic E-state index is -0.830. The maximum atomic E-state index is 14.1. The summed E-state index contributed by atoms with van der Waals surface area (Å²) >= 11 is 0. The van der Waals surface area contributed by atoms with Crippen LogP contribution in [0, 0.1) is 6.92 Å². The number of rotatable bonds is 4. The van der Waals surface area contributed by atoms with Gasteiger partial charge in [-0.2, -0.15) is 0 Å². The number of hydrogen-bond acceptors (Lipinski definition) is 4. The zero-order valence-corrected chi connectivity index (χ0v) is 18.4.